The minimum Gasteiger partial charge on any atom is -0.368 e. The van der Waals surface area contributed by atoms with Crippen LogP contribution in [0.5, 0.6) is 0 Å². The Morgan fingerprint density at radius 1 is 0.917 bits per heavy atom. The van der Waals surface area contributed by atoms with E-state index in [0.29, 0.717) is 37.3 Å². The van der Waals surface area contributed by atoms with Crippen LogP contribution in [0.25, 0.3) is 0 Å². The number of aryl methyl sites for hydroxylation is 1. The maximum absolute atomic E-state index is 14.2. The van der Waals surface area contributed by atoms with Gasteiger partial charge in [0.1, 0.15) is 0 Å². The highest BCUT2D eigenvalue weighted by Crippen LogP contribution is 2.44. The fourth-order valence-electron chi connectivity index (χ4n) is 5.54. The van der Waals surface area contributed by atoms with Gasteiger partial charge >= 0.3 is 0 Å². The number of carbonyl (C=O) groups is 3. The summed E-state index contributed by atoms with van der Waals surface area (Å²) in [6.45, 7) is 8.23. The largest absolute Gasteiger partial charge is 0.368 e. The Kier molecular flexibility index (Phi) is 6.16. The molecule has 3 aromatic rings. The molecule has 0 aliphatic carbocycles. The number of anilines is 1. The van der Waals surface area contributed by atoms with Crippen molar-refractivity contribution in [3.63, 3.8) is 0 Å². The molecular formula is C29H32N4O3. The van der Waals surface area contributed by atoms with E-state index < -0.39 is 5.92 Å². The van der Waals surface area contributed by atoms with Crippen molar-refractivity contribution in [3.05, 3.63) is 88.2 Å². The molecule has 1 N–H and O–H groups in total. The monoisotopic (exact) mass is 484 g/mol. The maximum atomic E-state index is 14.2. The molecule has 0 saturated carbocycles. The quantitative estimate of drug-likeness (QED) is 0.566. The summed E-state index contributed by atoms with van der Waals surface area (Å²) in [5, 5.41) is 0. The summed E-state index contributed by atoms with van der Waals surface area (Å²) >= 11 is 0. The van der Waals surface area contributed by atoms with Crippen molar-refractivity contribution in [2.24, 2.45) is 0 Å². The van der Waals surface area contributed by atoms with Crippen LogP contribution in [-0.4, -0.2) is 65.6 Å². The Hall–Kier alpha value is -3.87. The lowest BCUT2D eigenvalue weighted by Gasteiger charge is -2.43. The zero-order chi connectivity index (χ0) is 25.6. The lowest BCUT2D eigenvalue weighted by atomic mass is 9.78. The van der Waals surface area contributed by atoms with Gasteiger partial charge in [0.25, 0.3) is 5.91 Å². The summed E-state index contributed by atoms with van der Waals surface area (Å²) in [5.74, 6) is -0.428. The summed E-state index contributed by atoms with van der Waals surface area (Å²) in [5.41, 5.74) is 6.26. The van der Waals surface area contributed by atoms with Crippen molar-refractivity contribution in [3.8, 4) is 0 Å². The maximum Gasteiger partial charge on any atom is 0.254 e. The van der Waals surface area contributed by atoms with E-state index >= 15 is 0 Å². The SMILES string of the molecule is CC(=O)c1ccc(N2CCN(C(=O)C3c4ccccc4C(=O)N(C)C3c3c[nH]c(C)c3C)CC2)cc1. The number of piperazine rings is 1. The molecule has 0 bridgehead atoms. The number of fused-ring (bicyclic) bond motifs is 1. The standard InChI is InChI=1S/C29H32N4O3/c1-18-19(2)30-17-25(18)27-26(23-7-5-6-8-24(23)28(35)31(27)4)29(36)33-15-13-32(14-16-33)22-11-9-21(10-12-22)20(3)34/h5-12,17,26-27,30H,13-16H2,1-4H3. The molecular weight excluding hydrogens is 452 g/mol. The molecule has 1 saturated heterocycles. The molecule has 1 fully saturated rings. The number of nitrogens with zero attached hydrogens (tertiary/aromatic N) is 3. The first-order valence-electron chi connectivity index (χ1n) is 12.4. The van der Waals surface area contributed by atoms with Crippen LogP contribution < -0.4 is 4.90 Å². The first-order chi connectivity index (χ1) is 17.3. The Morgan fingerprint density at radius 2 is 1.58 bits per heavy atom. The van der Waals surface area contributed by atoms with Crippen molar-refractivity contribution >= 4 is 23.3 Å². The highest BCUT2D eigenvalue weighted by molar-refractivity contribution is 6.01. The second-order valence-electron chi connectivity index (χ2n) is 9.84. The van der Waals surface area contributed by atoms with Gasteiger partial charge in [0.2, 0.25) is 5.91 Å². The van der Waals surface area contributed by atoms with Crippen LogP contribution in [0.2, 0.25) is 0 Å². The van der Waals surface area contributed by atoms with Gasteiger partial charge < -0.3 is 19.7 Å². The number of hydrogen-bond donors (Lipinski definition) is 1. The molecule has 0 radical (unpaired) electrons. The smallest absolute Gasteiger partial charge is 0.254 e. The second-order valence-corrected chi connectivity index (χ2v) is 9.84. The molecule has 7 nitrogen and oxygen atoms in total. The summed E-state index contributed by atoms with van der Waals surface area (Å²) in [6.07, 6.45) is 1.94. The van der Waals surface area contributed by atoms with E-state index in [1.807, 2.05) is 73.5 Å². The molecule has 2 aliphatic rings. The van der Waals surface area contributed by atoms with Crippen LogP contribution in [-0.2, 0) is 4.79 Å². The number of rotatable bonds is 4. The van der Waals surface area contributed by atoms with E-state index in [1.165, 1.54) is 0 Å². The lowest BCUT2D eigenvalue weighted by Crippen LogP contribution is -2.53. The van der Waals surface area contributed by atoms with Gasteiger partial charge in [-0.3, -0.25) is 14.4 Å². The number of carbonyl (C=O) groups excluding carboxylic acids is 3. The van der Waals surface area contributed by atoms with Crippen molar-refractivity contribution in [2.45, 2.75) is 32.7 Å². The van der Waals surface area contributed by atoms with Crippen molar-refractivity contribution in [1.82, 2.24) is 14.8 Å². The number of aromatic nitrogens is 1. The number of hydrogen-bond acceptors (Lipinski definition) is 4. The molecule has 36 heavy (non-hydrogen) atoms. The van der Waals surface area contributed by atoms with Crippen molar-refractivity contribution in [2.75, 3.05) is 38.1 Å². The van der Waals surface area contributed by atoms with E-state index in [-0.39, 0.29) is 23.6 Å². The van der Waals surface area contributed by atoms with Gasteiger partial charge in [-0.15, -0.1) is 0 Å². The number of aromatic amines is 1. The van der Waals surface area contributed by atoms with Crippen LogP contribution in [0, 0.1) is 13.8 Å². The molecule has 3 heterocycles. The van der Waals surface area contributed by atoms with Crippen LogP contribution in [0.4, 0.5) is 5.69 Å². The number of H-pyrrole nitrogens is 1. The highest BCUT2D eigenvalue weighted by atomic mass is 16.2. The molecule has 2 amide bonds. The van der Waals surface area contributed by atoms with Gasteiger partial charge in [0, 0.05) is 61.9 Å². The average molecular weight is 485 g/mol. The van der Waals surface area contributed by atoms with E-state index in [4.69, 9.17) is 0 Å². The van der Waals surface area contributed by atoms with E-state index in [2.05, 4.69) is 9.88 Å². The number of likely N-dealkylation sites (N-methyl/N-ethyl adjacent to an activating group) is 1. The average Bonchev–Trinajstić information content (AvgIpc) is 3.23. The molecule has 2 aromatic carbocycles. The van der Waals surface area contributed by atoms with Crippen molar-refractivity contribution < 1.29 is 14.4 Å². The Balaban J connectivity index is 1.42. The zero-order valence-electron chi connectivity index (χ0n) is 21.2. The molecule has 186 valence electrons. The zero-order valence-corrected chi connectivity index (χ0v) is 21.2. The first-order valence-corrected chi connectivity index (χ1v) is 12.4. The van der Waals surface area contributed by atoms with Gasteiger partial charge in [-0.2, -0.15) is 0 Å². The number of benzene rings is 2. The molecule has 2 atom stereocenters. The third-order valence-corrected chi connectivity index (χ3v) is 7.83. The van der Waals surface area contributed by atoms with E-state index in [9.17, 15) is 14.4 Å². The van der Waals surface area contributed by atoms with E-state index in [0.717, 1.165) is 28.1 Å². The Labute approximate surface area is 211 Å². The third kappa shape index (κ3) is 3.98. The predicted molar refractivity (Wildman–Crippen MR) is 140 cm³/mol. The van der Waals surface area contributed by atoms with Crippen LogP contribution in [0.1, 0.15) is 62.0 Å². The predicted octanol–water partition coefficient (Wildman–Crippen LogP) is 4.09. The number of amides is 2. The Bertz CT molecular complexity index is 1320. The summed E-state index contributed by atoms with van der Waals surface area (Å²) in [6, 6.07) is 14.8. The van der Waals surface area contributed by atoms with Gasteiger partial charge in [-0.05, 0) is 67.8 Å². The lowest BCUT2D eigenvalue weighted by molar-refractivity contribution is -0.134. The fraction of sp³-hybridized carbons (Fsp3) is 0.345. The van der Waals surface area contributed by atoms with Gasteiger partial charge in [-0.25, -0.2) is 0 Å². The molecule has 2 unspecified atom stereocenters. The number of Topliss-reactive ketones (excluding diaryl/α,β-unsaturated/α-hetero) is 1. The van der Waals surface area contributed by atoms with Crippen LogP contribution in [0.15, 0.2) is 54.7 Å². The van der Waals surface area contributed by atoms with Crippen LogP contribution in [0.3, 0.4) is 0 Å². The van der Waals surface area contributed by atoms with Crippen molar-refractivity contribution in [1.29, 1.82) is 0 Å². The second kappa shape index (κ2) is 9.30. The minimum absolute atomic E-state index is 0.0515. The van der Waals surface area contributed by atoms with Gasteiger partial charge in [-0.1, -0.05) is 18.2 Å². The summed E-state index contributed by atoms with van der Waals surface area (Å²) in [4.78, 5) is 48.2. The number of nitrogens with one attached hydrogen (secondary N) is 1. The summed E-state index contributed by atoms with van der Waals surface area (Å²) in [7, 11) is 1.80. The third-order valence-electron chi connectivity index (χ3n) is 7.83. The number of ketones is 1. The molecule has 1 aromatic heterocycles. The fourth-order valence-corrected chi connectivity index (χ4v) is 5.54. The molecule has 0 spiro atoms. The van der Waals surface area contributed by atoms with Crippen LogP contribution >= 0.6 is 0 Å². The normalized spacial score (nSPS) is 19.9. The minimum atomic E-state index is -0.473. The topological polar surface area (TPSA) is 76.7 Å². The summed E-state index contributed by atoms with van der Waals surface area (Å²) < 4.78 is 0. The van der Waals surface area contributed by atoms with Gasteiger partial charge in [0.15, 0.2) is 5.78 Å². The molecule has 2 aliphatic heterocycles. The van der Waals surface area contributed by atoms with Gasteiger partial charge in [0.05, 0.1) is 12.0 Å². The Morgan fingerprint density at radius 3 is 2.19 bits per heavy atom. The van der Waals surface area contributed by atoms with E-state index in [1.54, 1.807) is 18.9 Å². The molecule has 7 heteroatoms. The molecule has 5 rings (SSSR count). The highest BCUT2D eigenvalue weighted by Gasteiger charge is 2.45. The first kappa shape index (κ1) is 23.9.